The molecule has 5 nitrogen and oxygen atoms in total. The van der Waals surface area contributed by atoms with Crippen molar-refractivity contribution < 1.29 is 0 Å². The Hall–Kier alpha value is -1.85. The predicted molar refractivity (Wildman–Crippen MR) is 100 cm³/mol. The van der Waals surface area contributed by atoms with Gasteiger partial charge in [0, 0.05) is 12.6 Å². The first-order chi connectivity index (χ1) is 11.4. The number of para-hydroxylation sites is 1. The number of aromatic nitrogens is 2. The first-order valence-electron chi connectivity index (χ1n) is 8.13. The van der Waals surface area contributed by atoms with Gasteiger partial charge in [0.2, 0.25) is 0 Å². The lowest BCUT2D eigenvalue weighted by molar-refractivity contribution is 0.266. The van der Waals surface area contributed by atoms with Crippen molar-refractivity contribution in [1.82, 2.24) is 14.7 Å². The third-order valence-corrected chi connectivity index (χ3v) is 4.29. The summed E-state index contributed by atoms with van der Waals surface area (Å²) in [5, 5.41) is 7.67. The van der Waals surface area contributed by atoms with Gasteiger partial charge in [0.25, 0.3) is 5.56 Å². The molecule has 0 spiro atoms. The highest BCUT2D eigenvalue weighted by molar-refractivity contribution is 6.32. The molecule has 6 heteroatoms. The average molecular weight is 349 g/mol. The van der Waals surface area contributed by atoms with Crippen molar-refractivity contribution in [2.24, 2.45) is 5.92 Å². The zero-order chi connectivity index (χ0) is 17.7. The second-order valence-electron chi connectivity index (χ2n) is 6.55. The Morgan fingerprint density at radius 3 is 2.50 bits per heavy atom. The summed E-state index contributed by atoms with van der Waals surface area (Å²) < 4.78 is 1.31. The molecule has 1 aromatic carbocycles. The van der Waals surface area contributed by atoms with E-state index in [0.717, 1.165) is 6.42 Å². The molecule has 1 atom stereocenters. The Bertz CT molecular complexity index is 713. The Kier molecular flexibility index (Phi) is 6.40. The largest absolute Gasteiger partial charge is 0.381 e. The van der Waals surface area contributed by atoms with Gasteiger partial charge in [-0.1, -0.05) is 43.6 Å². The van der Waals surface area contributed by atoms with Crippen LogP contribution in [0.2, 0.25) is 5.02 Å². The molecule has 0 radical (unpaired) electrons. The molecule has 130 valence electrons. The van der Waals surface area contributed by atoms with Crippen LogP contribution < -0.4 is 10.9 Å². The molecule has 0 bridgehead atoms. The lowest BCUT2D eigenvalue weighted by Crippen LogP contribution is -2.36. The van der Waals surface area contributed by atoms with Crippen molar-refractivity contribution >= 4 is 17.3 Å². The van der Waals surface area contributed by atoms with Crippen molar-refractivity contribution in [3.8, 4) is 5.69 Å². The maximum atomic E-state index is 12.5. The van der Waals surface area contributed by atoms with E-state index in [0.29, 0.717) is 29.9 Å². The fourth-order valence-corrected chi connectivity index (χ4v) is 2.75. The molecule has 2 rings (SSSR count). The third-order valence-electron chi connectivity index (χ3n) is 3.92. The van der Waals surface area contributed by atoms with Crippen LogP contribution in [-0.2, 0) is 0 Å². The maximum absolute atomic E-state index is 12.5. The summed E-state index contributed by atoms with van der Waals surface area (Å²) in [5.74, 6) is 0.596. The summed E-state index contributed by atoms with van der Waals surface area (Å²) in [4.78, 5) is 14.6. The Morgan fingerprint density at radius 1 is 1.25 bits per heavy atom. The maximum Gasteiger partial charge on any atom is 0.292 e. The molecule has 1 N–H and O–H groups in total. The van der Waals surface area contributed by atoms with Gasteiger partial charge in [-0.25, -0.2) is 0 Å². The second kappa shape index (κ2) is 8.31. The van der Waals surface area contributed by atoms with E-state index in [1.807, 2.05) is 30.3 Å². The van der Waals surface area contributed by atoms with E-state index in [-0.39, 0.29) is 10.6 Å². The van der Waals surface area contributed by atoms with Gasteiger partial charge < -0.3 is 10.2 Å². The molecule has 0 saturated carbocycles. The molecule has 24 heavy (non-hydrogen) atoms. The number of benzene rings is 1. The molecule has 0 aliphatic rings. The van der Waals surface area contributed by atoms with Crippen LogP contribution in [0.5, 0.6) is 0 Å². The minimum atomic E-state index is -0.321. The van der Waals surface area contributed by atoms with Crippen molar-refractivity contribution in [2.45, 2.75) is 26.3 Å². The molecule has 2 aromatic rings. The number of nitrogens with one attached hydrogen (secondary N) is 1. The first kappa shape index (κ1) is 18.5. The summed E-state index contributed by atoms with van der Waals surface area (Å²) in [6, 6.07) is 9.61. The van der Waals surface area contributed by atoms with Crippen LogP contribution in [0.15, 0.2) is 41.3 Å². The van der Waals surface area contributed by atoms with E-state index in [4.69, 9.17) is 11.6 Å². The number of likely N-dealkylation sites (N-methyl/N-ethyl adjacent to an activating group) is 1. The molecule has 1 heterocycles. The van der Waals surface area contributed by atoms with Crippen molar-refractivity contribution in [1.29, 1.82) is 0 Å². The van der Waals surface area contributed by atoms with Gasteiger partial charge in [0.05, 0.1) is 17.6 Å². The Morgan fingerprint density at radius 2 is 1.92 bits per heavy atom. The smallest absolute Gasteiger partial charge is 0.292 e. The quantitative estimate of drug-likeness (QED) is 0.834. The van der Waals surface area contributed by atoms with E-state index in [1.54, 1.807) is 6.20 Å². The van der Waals surface area contributed by atoms with E-state index >= 15 is 0 Å². The van der Waals surface area contributed by atoms with Crippen LogP contribution in [0, 0.1) is 5.92 Å². The molecular weight excluding hydrogens is 324 g/mol. The lowest BCUT2D eigenvalue weighted by Gasteiger charge is -2.26. The highest BCUT2D eigenvalue weighted by Crippen LogP contribution is 2.18. The van der Waals surface area contributed by atoms with E-state index in [1.165, 1.54) is 4.68 Å². The first-order valence-corrected chi connectivity index (χ1v) is 8.51. The molecule has 1 aromatic heterocycles. The predicted octanol–water partition coefficient (Wildman–Crippen LogP) is 3.27. The monoisotopic (exact) mass is 348 g/mol. The van der Waals surface area contributed by atoms with Crippen molar-refractivity contribution in [3.63, 3.8) is 0 Å². The Balaban J connectivity index is 2.18. The van der Waals surface area contributed by atoms with Gasteiger partial charge >= 0.3 is 0 Å². The summed E-state index contributed by atoms with van der Waals surface area (Å²) in [7, 11) is 4.12. The van der Waals surface area contributed by atoms with Gasteiger partial charge in [0.15, 0.2) is 0 Å². The van der Waals surface area contributed by atoms with Crippen LogP contribution in [-0.4, -0.2) is 41.4 Å². The van der Waals surface area contributed by atoms with Gasteiger partial charge in [-0.3, -0.25) is 4.79 Å². The molecule has 0 aliphatic carbocycles. The summed E-state index contributed by atoms with van der Waals surface area (Å²) in [6.07, 6.45) is 2.67. The van der Waals surface area contributed by atoms with E-state index in [9.17, 15) is 4.79 Å². The third kappa shape index (κ3) is 4.58. The zero-order valence-corrected chi connectivity index (χ0v) is 15.4. The number of anilines is 1. The lowest BCUT2D eigenvalue weighted by atomic mass is 10.0. The fourth-order valence-electron chi connectivity index (χ4n) is 2.56. The minimum Gasteiger partial charge on any atom is -0.381 e. The van der Waals surface area contributed by atoms with E-state index < -0.39 is 0 Å². The van der Waals surface area contributed by atoms with Gasteiger partial charge in [-0.2, -0.15) is 9.78 Å². The number of rotatable bonds is 7. The average Bonchev–Trinajstić information content (AvgIpc) is 2.55. The molecular formula is C18H25ClN4O. The van der Waals surface area contributed by atoms with E-state index in [2.05, 4.69) is 43.3 Å². The molecule has 0 amide bonds. The second-order valence-corrected chi connectivity index (χ2v) is 6.93. The van der Waals surface area contributed by atoms with Gasteiger partial charge in [-0.15, -0.1) is 0 Å². The SMILES string of the molecule is CC(C)C[C@H](CNc1cnn(-c2ccccc2)c(=O)c1Cl)N(C)C. The Labute approximate surface area is 148 Å². The number of nitrogens with zero attached hydrogens (tertiary/aromatic N) is 3. The van der Waals surface area contributed by atoms with Crippen LogP contribution in [0.3, 0.4) is 0 Å². The van der Waals surface area contributed by atoms with Gasteiger partial charge in [0.1, 0.15) is 5.02 Å². The summed E-state index contributed by atoms with van der Waals surface area (Å²) in [5.41, 5.74) is 0.949. The highest BCUT2D eigenvalue weighted by Gasteiger charge is 2.15. The van der Waals surface area contributed by atoms with Crippen LogP contribution in [0.1, 0.15) is 20.3 Å². The zero-order valence-electron chi connectivity index (χ0n) is 14.7. The van der Waals surface area contributed by atoms with Gasteiger partial charge in [-0.05, 0) is 38.6 Å². The van der Waals surface area contributed by atoms with Crippen molar-refractivity contribution in [3.05, 3.63) is 51.9 Å². The van der Waals surface area contributed by atoms with Crippen LogP contribution >= 0.6 is 11.6 Å². The summed E-state index contributed by atoms with van der Waals surface area (Å²) >= 11 is 6.27. The minimum absolute atomic E-state index is 0.163. The number of hydrogen-bond donors (Lipinski definition) is 1. The molecule has 0 fully saturated rings. The van der Waals surface area contributed by atoms with Crippen LogP contribution in [0.4, 0.5) is 5.69 Å². The normalized spacial score (nSPS) is 12.6. The topological polar surface area (TPSA) is 50.2 Å². The molecule has 0 unspecified atom stereocenters. The van der Waals surface area contributed by atoms with Crippen molar-refractivity contribution in [2.75, 3.05) is 26.0 Å². The number of hydrogen-bond acceptors (Lipinski definition) is 4. The molecule has 0 saturated heterocycles. The number of halogens is 1. The highest BCUT2D eigenvalue weighted by atomic mass is 35.5. The molecule has 0 aliphatic heterocycles. The summed E-state index contributed by atoms with van der Waals surface area (Å²) in [6.45, 7) is 5.11. The van der Waals surface area contributed by atoms with Crippen LogP contribution in [0.25, 0.3) is 5.69 Å². The standard InChI is InChI=1S/C18H25ClN4O/c1-13(2)10-15(22(3)4)11-20-16-12-21-23(18(24)17(16)19)14-8-6-5-7-9-14/h5-9,12-13,15,20H,10-11H2,1-4H3/t15-/m1/s1. The fraction of sp³-hybridized carbons (Fsp3) is 0.444.